The molecule has 4 nitrogen and oxygen atoms in total. The van der Waals surface area contributed by atoms with Crippen molar-refractivity contribution in [3.8, 4) is 11.5 Å². The zero-order chi connectivity index (χ0) is 16.4. The molecule has 0 spiro atoms. The summed E-state index contributed by atoms with van der Waals surface area (Å²) >= 11 is 0. The number of hydrogen-bond donors (Lipinski definition) is 0. The lowest BCUT2D eigenvalue weighted by molar-refractivity contribution is -0.118. The van der Waals surface area contributed by atoms with E-state index in [9.17, 15) is 4.79 Å². The van der Waals surface area contributed by atoms with E-state index < -0.39 is 0 Å². The number of anilines is 1. The summed E-state index contributed by atoms with van der Waals surface area (Å²) < 4.78 is 10.6. The largest absolute Gasteiger partial charge is 0.493 e. The summed E-state index contributed by atoms with van der Waals surface area (Å²) in [6.45, 7) is 2.09. The molecule has 0 bridgehead atoms. The molecule has 23 heavy (non-hydrogen) atoms. The van der Waals surface area contributed by atoms with Crippen LogP contribution in [0.2, 0.25) is 0 Å². The highest BCUT2D eigenvalue weighted by Crippen LogP contribution is 2.33. The van der Waals surface area contributed by atoms with Gasteiger partial charge in [0.25, 0.3) is 0 Å². The van der Waals surface area contributed by atoms with Crippen LogP contribution in [0.1, 0.15) is 18.1 Å². The Morgan fingerprint density at radius 2 is 1.87 bits per heavy atom. The minimum Gasteiger partial charge on any atom is -0.493 e. The molecular formula is C19H21NO3. The molecule has 4 heteroatoms. The molecule has 0 unspecified atom stereocenters. The van der Waals surface area contributed by atoms with E-state index >= 15 is 0 Å². The van der Waals surface area contributed by atoms with Crippen LogP contribution in [0.3, 0.4) is 0 Å². The zero-order valence-corrected chi connectivity index (χ0v) is 13.7. The third-order valence-corrected chi connectivity index (χ3v) is 4.28. The van der Waals surface area contributed by atoms with E-state index in [0.29, 0.717) is 17.9 Å². The van der Waals surface area contributed by atoms with Crippen LogP contribution < -0.4 is 14.4 Å². The van der Waals surface area contributed by atoms with E-state index in [1.165, 1.54) is 5.56 Å². The molecule has 0 aliphatic carbocycles. The van der Waals surface area contributed by atoms with Crippen LogP contribution in [0.25, 0.3) is 0 Å². The second kappa shape index (κ2) is 6.32. The maximum atomic E-state index is 12.8. The average Bonchev–Trinajstić information content (AvgIpc) is 2.90. The van der Waals surface area contributed by atoms with E-state index in [1.807, 2.05) is 41.3 Å². The van der Waals surface area contributed by atoms with Crippen LogP contribution >= 0.6 is 0 Å². The van der Waals surface area contributed by atoms with Gasteiger partial charge in [0.05, 0.1) is 20.6 Å². The lowest BCUT2D eigenvalue weighted by Gasteiger charge is -2.23. The van der Waals surface area contributed by atoms with E-state index in [4.69, 9.17) is 9.47 Å². The van der Waals surface area contributed by atoms with Gasteiger partial charge in [-0.05, 0) is 42.7 Å². The Balaban J connectivity index is 1.82. The molecule has 1 amide bonds. The van der Waals surface area contributed by atoms with Gasteiger partial charge in [-0.1, -0.05) is 24.3 Å². The molecule has 0 saturated carbocycles. The Labute approximate surface area is 136 Å². The van der Waals surface area contributed by atoms with Gasteiger partial charge in [0.2, 0.25) is 5.91 Å². The molecule has 1 heterocycles. The second-order valence-corrected chi connectivity index (χ2v) is 5.81. The van der Waals surface area contributed by atoms with Crippen molar-refractivity contribution in [2.75, 3.05) is 19.1 Å². The van der Waals surface area contributed by atoms with Crippen molar-refractivity contribution < 1.29 is 14.3 Å². The van der Waals surface area contributed by atoms with Crippen LogP contribution in [-0.4, -0.2) is 26.2 Å². The fourth-order valence-corrected chi connectivity index (χ4v) is 3.20. The van der Waals surface area contributed by atoms with Crippen molar-refractivity contribution >= 4 is 11.6 Å². The Bertz CT molecular complexity index is 726. The summed E-state index contributed by atoms with van der Waals surface area (Å²) in [6.07, 6.45) is 1.26. The average molecular weight is 311 g/mol. The Kier molecular flexibility index (Phi) is 4.24. The monoisotopic (exact) mass is 311 g/mol. The summed E-state index contributed by atoms with van der Waals surface area (Å²) in [6, 6.07) is 13.9. The highest BCUT2D eigenvalue weighted by molar-refractivity contribution is 5.97. The zero-order valence-electron chi connectivity index (χ0n) is 13.7. The van der Waals surface area contributed by atoms with Gasteiger partial charge >= 0.3 is 0 Å². The van der Waals surface area contributed by atoms with Gasteiger partial charge in [-0.25, -0.2) is 0 Å². The third-order valence-electron chi connectivity index (χ3n) is 4.28. The number of ether oxygens (including phenoxy) is 2. The number of nitrogens with zero attached hydrogens (tertiary/aromatic N) is 1. The number of hydrogen-bond acceptors (Lipinski definition) is 3. The minimum atomic E-state index is 0.106. The topological polar surface area (TPSA) is 38.8 Å². The number of benzene rings is 2. The third kappa shape index (κ3) is 2.89. The molecule has 0 N–H and O–H groups in total. The Hall–Kier alpha value is -2.49. The van der Waals surface area contributed by atoms with Gasteiger partial charge in [0.15, 0.2) is 11.5 Å². The lowest BCUT2D eigenvalue weighted by Crippen LogP contribution is -2.36. The predicted octanol–water partition coefficient (Wildman–Crippen LogP) is 3.22. The van der Waals surface area contributed by atoms with Crippen molar-refractivity contribution in [2.45, 2.75) is 25.8 Å². The molecule has 2 aromatic carbocycles. The quantitative estimate of drug-likeness (QED) is 0.870. The molecule has 0 fully saturated rings. The van der Waals surface area contributed by atoms with Crippen LogP contribution in [-0.2, 0) is 17.6 Å². The lowest BCUT2D eigenvalue weighted by atomic mass is 10.1. The summed E-state index contributed by atoms with van der Waals surface area (Å²) in [7, 11) is 3.20. The normalized spacial score (nSPS) is 16.1. The van der Waals surface area contributed by atoms with Gasteiger partial charge < -0.3 is 14.4 Å². The molecule has 1 aliphatic rings. The molecular weight excluding hydrogens is 290 g/mol. The molecule has 0 aromatic heterocycles. The van der Waals surface area contributed by atoms with E-state index in [-0.39, 0.29) is 11.9 Å². The Morgan fingerprint density at radius 3 is 2.61 bits per heavy atom. The molecule has 120 valence electrons. The van der Waals surface area contributed by atoms with Crippen molar-refractivity contribution in [3.63, 3.8) is 0 Å². The number of methoxy groups -OCH3 is 2. The van der Waals surface area contributed by atoms with Gasteiger partial charge in [-0.15, -0.1) is 0 Å². The smallest absolute Gasteiger partial charge is 0.231 e. The first-order valence-electron chi connectivity index (χ1n) is 7.75. The van der Waals surface area contributed by atoms with Crippen molar-refractivity contribution in [1.29, 1.82) is 0 Å². The standard InChI is InChI=1S/C19H21NO3/c1-13-10-15-6-4-5-7-16(15)20(13)19(21)12-14-8-9-17(22-2)18(11-14)23-3/h4-9,11,13H,10,12H2,1-3H3/t13-/m1/s1. The van der Waals surface area contributed by atoms with Crippen LogP contribution in [0.4, 0.5) is 5.69 Å². The highest BCUT2D eigenvalue weighted by atomic mass is 16.5. The molecule has 3 rings (SSSR count). The first-order chi connectivity index (χ1) is 11.1. The summed E-state index contributed by atoms with van der Waals surface area (Å²) in [5.74, 6) is 1.42. The summed E-state index contributed by atoms with van der Waals surface area (Å²) in [5.41, 5.74) is 3.19. The SMILES string of the molecule is COc1ccc(CC(=O)N2c3ccccc3C[C@H]2C)cc1OC. The van der Waals surface area contributed by atoms with Gasteiger partial charge in [0, 0.05) is 11.7 Å². The fraction of sp³-hybridized carbons (Fsp3) is 0.316. The molecule has 1 atom stereocenters. The fourth-order valence-electron chi connectivity index (χ4n) is 3.20. The number of carbonyl (C=O) groups excluding carboxylic acids is 1. The van der Waals surface area contributed by atoms with Gasteiger partial charge in [-0.3, -0.25) is 4.79 Å². The first kappa shape index (κ1) is 15.4. The van der Waals surface area contributed by atoms with Crippen LogP contribution in [0.5, 0.6) is 11.5 Å². The first-order valence-corrected chi connectivity index (χ1v) is 7.75. The molecule has 0 saturated heterocycles. The summed E-state index contributed by atoms with van der Waals surface area (Å²) in [5, 5.41) is 0. The van der Waals surface area contributed by atoms with Gasteiger partial charge in [-0.2, -0.15) is 0 Å². The number of fused-ring (bicyclic) bond motifs is 1. The molecule has 0 radical (unpaired) electrons. The van der Waals surface area contributed by atoms with Crippen LogP contribution in [0, 0.1) is 0 Å². The van der Waals surface area contributed by atoms with Crippen molar-refractivity contribution in [3.05, 3.63) is 53.6 Å². The Morgan fingerprint density at radius 1 is 1.13 bits per heavy atom. The maximum Gasteiger partial charge on any atom is 0.231 e. The maximum absolute atomic E-state index is 12.8. The highest BCUT2D eigenvalue weighted by Gasteiger charge is 2.30. The minimum absolute atomic E-state index is 0.106. The number of para-hydroxylation sites is 1. The van der Waals surface area contributed by atoms with E-state index in [0.717, 1.165) is 17.7 Å². The molecule has 2 aromatic rings. The van der Waals surface area contributed by atoms with E-state index in [1.54, 1.807) is 14.2 Å². The second-order valence-electron chi connectivity index (χ2n) is 5.81. The number of carbonyl (C=O) groups is 1. The summed E-state index contributed by atoms with van der Waals surface area (Å²) in [4.78, 5) is 14.7. The van der Waals surface area contributed by atoms with E-state index in [2.05, 4.69) is 13.0 Å². The molecule has 1 aliphatic heterocycles. The predicted molar refractivity (Wildman–Crippen MR) is 90.3 cm³/mol. The van der Waals surface area contributed by atoms with Gasteiger partial charge in [0.1, 0.15) is 0 Å². The van der Waals surface area contributed by atoms with Crippen molar-refractivity contribution in [1.82, 2.24) is 0 Å². The van der Waals surface area contributed by atoms with Crippen LogP contribution in [0.15, 0.2) is 42.5 Å². The number of rotatable bonds is 4. The number of amides is 1. The van der Waals surface area contributed by atoms with Crippen molar-refractivity contribution in [2.24, 2.45) is 0 Å².